The summed E-state index contributed by atoms with van der Waals surface area (Å²) in [6, 6.07) is 16.8. The Morgan fingerprint density at radius 3 is 1.07 bits per heavy atom. The molecule has 2 aromatic rings. The average Bonchev–Trinajstić information content (AvgIpc) is 2.92. The van der Waals surface area contributed by atoms with E-state index in [1.165, 1.54) is 11.1 Å². The van der Waals surface area contributed by atoms with Gasteiger partial charge in [0.25, 0.3) is 0 Å². The van der Waals surface area contributed by atoms with Gasteiger partial charge in [-0.3, -0.25) is 0 Å². The van der Waals surface area contributed by atoms with E-state index in [1.54, 1.807) is 0 Å². The molecule has 84 valence electrons. The molecule has 0 aliphatic rings. The van der Waals surface area contributed by atoms with E-state index in [0.717, 1.165) is 12.8 Å². The van der Waals surface area contributed by atoms with Gasteiger partial charge in [0.2, 0.25) is 0 Å². The fraction of sp³-hybridized carbons (Fsp3) is 0.286. The van der Waals surface area contributed by atoms with E-state index in [0.29, 0.717) is 0 Å². The van der Waals surface area contributed by atoms with Crippen LogP contribution in [0, 0.1) is 0 Å². The Morgan fingerprint density at radius 2 is 0.933 bits per heavy atom. The van der Waals surface area contributed by atoms with Crippen LogP contribution < -0.4 is 0 Å². The molecule has 0 aromatic heterocycles. The summed E-state index contributed by atoms with van der Waals surface area (Å²) < 4.78 is 0. The molecule has 0 unspecified atom stereocenters. The molecule has 2 aromatic carbocycles. The molecular formula is C14H18Ni. The molecule has 0 radical (unpaired) electrons. The molecule has 0 aliphatic heterocycles. The van der Waals surface area contributed by atoms with Crippen molar-refractivity contribution >= 4 is 0 Å². The van der Waals surface area contributed by atoms with Gasteiger partial charge in [-0.2, -0.15) is 35.4 Å². The third-order valence-electron chi connectivity index (χ3n) is 2.28. The van der Waals surface area contributed by atoms with Crippen LogP contribution in [0.3, 0.4) is 0 Å². The first-order valence-electron chi connectivity index (χ1n) is 5.28. The second kappa shape index (κ2) is 8.50. The monoisotopic (exact) mass is 244 g/mol. The van der Waals surface area contributed by atoms with Gasteiger partial charge < -0.3 is 0 Å². The van der Waals surface area contributed by atoms with Gasteiger partial charge in [0, 0.05) is 0 Å². The molecule has 0 nitrogen and oxygen atoms in total. The second-order valence-corrected chi connectivity index (χ2v) is 3.29. The predicted molar refractivity (Wildman–Crippen MR) is 62.8 cm³/mol. The van der Waals surface area contributed by atoms with E-state index in [4.69, 9.17) is 0 Å². The summed E-state index contributed by atoms with van der Waals surface area (Å²) in [5.74, 6) is 0. The minimum Gasteiger partial charge on any atom is -0.213 e. The van der Waals surface area contributed by atoms with Crippen molar-refractivity contribution < 1.29 is 16.5 Å². The minimum absolute atomic E-state index is 0. The summed E-state index contributed by atoms with van der Waals surface area (Å²) in [7, 11) is 0. The Balaban J connectivity index is 0.000000245. The van der Waals surface area contributed by atoms with Crippen LogP contribution in [0.1, 0.15) is 25.0 Å². The molecule has 15 heavy (non-hydrogen) atoms. The Bertz CT molecular complexity index is 269. The van der Waals surface area contributed by atoms with Crippen LogP contribution in [0.4, 0.5) is 0 Å². The van der Waals surface area contributed by atoms with Crippen LogP contribution in [-0.2, 0) is 29.3 Å². The van der Waals surface area contributed by atoms with E-state index >= 15 is 0 Å². The van der Waals surface area contributed by atoms with Crippen LogP contribution >= 0.6 is 0 Å². The van der Waals surface area contributed by atoms with Crippen LogP contribution in [0.15, 0.2) is 48.5 Å². The minimum atomic E-state index is 0. The summed E-state index contributed by atoms with van der Waals surface area (Å²) in [5, 5.41) is 0. The number of aryl methyl sites for hydroxylation is 2. The van der Waals surface area contributed by atoms with Gasteiger partial charge in [-0.1, -0.05) is 26.7 Å². The molecule has 0 atom stereocenters. The Hall–Kier alpha value is -0.806. The molecule has 0 saturated heterocycles. The van der Waals surface area contributed by atoms with Crippen LogP contribution in [-0.4, -0.2) is 0 Å². The first kappa shape index (κ1) is 14.2. The average molecular weight is 245 g/mol. The van der Waals surface area contributed by atoms with Crippen molar-refractivity contribution in [3.05, 3.63) is 59.7 Å². The maximum atomic E-state index is 2.16. The normalized spacial score (nSPS) is 8.67. The number of hydrogen-bond donors (Lipinski definition) is 0. The molecule has 0 heterocycles. The second-order valence-electron chi connectivity index (χ2n) is 3.29. The van der Waals surface area contributed by atoms with Crippen LogP contribution in [0.2, 0.25) is 0 Å². The molecule has 1 heteroatoms. The van der Waals surface area contributed by atoms with Crippen molar-refractivity contribution in [2.45, 2.75) is 26.7 Å². The molecule has 2 rings (SSSR count). The fourth-order valence-electron chi connectivity index (χ4n) is 1.30. The van der Waals surface area contributed by atoms with Gasteiger partial charge in [0.15, 0.2) is 0 Å². The molecule has 0 spiro atoms. The van der Waals surface area contributed by atoms with E-state index < -0.39 is 0 Å². The first-order chi connectivity index (χ1) is 6.86. The van der Waals surface area contributed by atoms with Gasteiger partial charge in [0.1, 0.15) is 0 Å². The standard InChI is InChI=1S/2C7H9.Ni/c2*1-2-7-5-3-4-6-7;/h2*3-6H,2H2,1H3;/q2*-1;+2. The van der Waals surface area contributed by atoms with Gasteiger partial charge in [-0.05, 0) is 0 Å². The summed E-state index contributed by atoms with van der Waals surface area (Å²) in [4.78, 5) is 0. The quantitative estimate of drug-likeness (QED) is 0.555. The summed E-state index contributed by atoms with van der Waals surface area (Å²) in [5.41, 5.74) is 2.86. The summed E-state index contributed by atoms with van der Waals surface area (Å²) in [6.07, 6.45) is 2.32. The fourth-order valence-corrected chi connectivity index (χ4v) is 1.30. The van der Waals surface area contributed by atoms with E-state index in [-0.39, 0.29) is 16.5 Å². The first-order valence-corrected chi connectivity index (χ1v) is 5.28. The summed E-state index contributed by atoms with van der Waals surface area (Å²) in [6.45, 7) is 4.32. The zero-order valence-corrected chi connectivity index (χ0v) is 10.3. The van der Waals surface area contributed by atoms with Crippen LogP contribution in [0.5, 0.6) is 0 Å². The number of rotatable bonds is 2. The number of hydrogen-bond acceptors (Lipinski definition) is 0. The predicted octanol–water partition coefficient (Wildman–Crippen LogP) is 3.93. The molecule has 0 aliphatic carbocycles. The molecule has 0 N–H and O–H groups in total. The van der Waals surface area contributed by atoms with Gasteiger partial charge in [-0.25, -0.2) is 24.3 Å². The summed E-state index contributed by atoms with van der Waals surface area (Å²) >= 11 is 0. The Kier molecular flexibility index (Phi) is 8.04. The van der Waals surface area contributed by atoms with E-state index in [1.807, 2.05) is 0 Å². The molecule has 0 amide bonds. The third-order valence-corrected chi connectivity index (χ3v) is 2.28. The van der Waals surface area contributed by atoms with Crippen molar-refractivity contribution in [1.29, 1.82) is 0 Å². The van der Waals surface area contributed by atoms with Gasteiger partial charge in [0.05, 0.1) is 0 Å². The Labute approximate surface area is 103 Å². The van der Waals surface area contributed by atoms with Crippen molar-refractivity contribution in [1.82, 2.24) is 0 Å². The third kappa shape index (κ3) is 5.59. The van der Waals surface area contributed by atoms with Crippen molar-refractivity contribution in [3.8, 4) is 0 Å². The van der Waals surface area contributed by atoms with Crippen molar-refractivity contribution in [3.63, 3.8) is 0 Å². The van der Waals surface area contributed by atoms with Gasteiger partial charge in [-0.15, -0.1) is 0 Å². The zero-order valence-electron chi connectivity index (χ0n) is 9.35. The van der Waals surface area contributed by atoms with Crippen molar-refractivity contribution in [2.24, 2.45) is 0 Å². The largest absolute Gasteiger partial charge is 2.00 e. The molecule has 0 bridgehead atoms. The maximum Gasteiger partial charge on any atom is 2.00 e. The van der Waals surface area contributed by atoms with Crippen molar-refractivity contribution in [2.75, 3.05) is 0 Å². The van der Waals surface area contributed by atoms with E-state index in [9.17, 15) is 0 Å². The van der Waals surface area contributed by atoms with E-state index in [2.05, 4.69) is 62.4 Å². The van der Waals surface area contributed by atoms with Gasteiger partial charge >= 0.3 is 16.5 Å². The maximum absolute atomic E-state index is 2.16. The Morgan fingerprint density at radius 1 is 0.667 bits per heavy atom. The SMILES string of the molecule is CC[c-]1cccc1.CC[c-]1cccc1.[Ni+2]. The topological polar surface area (TPSA) is 0 Å². The zero-order chi connectivity index (χ0) is 10.2. The van der Waals surface area contributed by atoms with Crippen LogP contribution in [0.25, 0.3) is 0 Å². The smallest absolute Gasteiger partial charge is 0.213 e. The molecule has 0 saturated carbocycles. The molecular weight excluding hydrogens is 227 g/mol. The molecule has 0 fully saturated rings.